The van der Waals surface area contributed by atoms with Crippen LogP contribution in [0.4, 0.5) is 5.69 Å². The van der Waals surface area contributed by atoms with E-state index in [4.69, 9.17) is 0 Å². The lowest BCUT2D eigenvalue weighted by Gasteiger charge is -2.12. The van der Waals surface area contributed by atoms with Crippen molar-refractivity contribution in [2.75, 3.05) is 5.32 Å². The molecule has 94 valence electrons. The van der Waals surface area contributed by atoms with Gasteiger partial charge in [-0.15, -0.1) is 0 Å². The average Bonchev–Trinajstić information content (AvgIpc) is 2.40. The number of benzene rings is 1. The SMILES string of the molecule is CCCc1ccccc1NCc1cnccc1C. The summed E-state index contributed by atoms with van der Waals surface area (Å²) in [5.41, 5.74) is 5.17. The first-order valence-electron chi connectivity index (χ1n) is 6.52. The van der Waals surface area contributed by atoms with Crippen molar-refractivity contribution in [3.8, 4) is 0 Å². The predicted octanol–water partition coefficient (Wildman–Crippen LogP) is 3.95. The molecule has 2 aromatic rings. The molecule has 0 radical (unpaired) electrons. The molecule has 18 heavy (non-hydrogen) atoms. The molecule has 2 heteroatoms. The molecule has 1 aromatic carbocycles. The monoisotopic (exact) mass is 240 g/mol. The normalized spacial score (nSPS) is 10.3. The minimum absolute atomic E-state index is 0.834. The smallest absolute Gasteiger partial charge is 0.0418 e. The van der Waals surface area contributed by atoms with Crippen LogP contribution in [0.2, 0.25) is 0 Å². The van der Waals surface area contributed by atoms with E-state index >= 15 is 0 Å². The number of hydrogen-bond acceptors (Lipinski definition) is 2. The molecule has 1 N–H and O–H groups in total. The fraction of sp³-hybridized carbons (Fsp3) is 0.312. The second-order valence-electron chi connectivity index (χ2n) is 4.56. The minimum Gasteiger partial charge on any atom is -0.381 e. The van der Waals surface area contributed by atoms with E-state index in [0.29, 0.717) is 0 Å². The van der Waals surface area contributed by atoms with Gasteiger partial charge in [0.15, 0.2) is 0 Å². The van der Waals surface area contributed by atoms with E-state index in [0.717, 1.165) is 13.0 Å². The number of nitrogens with zero attached hydrogens (tertiary/aromatic N) is 1. The summed E-state index contributed by atoms with van der Waals surface area (Å²) in [6, 6.07) is 10.6. The van der Waals surface area contributed by atoms with Gasteiger partial charge in [0, 0.05) is 24.6 Å². The van der Waals surface area contributed by atoms with Crippen molar-refractivity contribution >= 4 is 5.69 Å². The summed E-state index contributed by atoms with van der Waals surface area (Å²) in [5.74, 6) is 0. The van der Waals surface area contributed by atoms with Crippen LogP contribution < -0.4 is 5.32 Å². The van der Waals surface area contributed by atoms with Crippen LogP contribution >= 0.6 is 0 Å². The molecule has 0 unspecified atom stereocenters. The highest BCUT2D eigenvalue weighted by molar-refractivity contribution is 5.51. The summed E-state index contributed by atoms with van der Waals surface area (Å²) in [4.78, 5) is 4.18. The van der Waals surface area contributed by atoms with Crippen molar-refractivity contribution in [3.05, 3.63) is 59.4 Å². The molecule has 0 amide bonds. The Bertz CT molecular complexity index is 506. The van der Waals surface area contributed by atoms with Gasteiger partial charge in [-0.1, -0.05) is 31.5 Å². The third-order valence-electron chi connectivity index (χ3n) is 3.15. The van der Waals surface area contributed by atoms with Crippen molar-refractivity contribution in [2.45, 2.75) is 33.2 Å². The summed E-state index contributed by atoms with van der Waals surface area (Å²) in [6.07, 6.45) is 6.06. The Morgan fingerprint density at radius 2 is 1.94 bits per heavy atom. The molecule has 0 spiro atoms. The number of anilines is 1. The molecule has 1 heterocycles. The highest BCUT2D eigenvalue weighted by Crippen LogP contribution is 2.18. The molecule has 0 saturated heterocycles. The fourth-order valence-corrected chi connectivity index (χ4v) is 2.05. The van der Waals surface area contributed by atoms with Crippen LogP contribution in [0.5, 0.6) is 0 Å². The molecule has 0 fully saturated rings. The van der Waals surface area contributed by atoms with Crippen LogP contribution in [0.25, 0.3) is 0 Å². The van der Waals surface area contributed by atoms with E-state index in [2.05, 4.69) is 54.5 Å². The number of rotatable bonds is 5. The van der Waals surface area contributed by atoms with Crippen molar-refractivity contribution in [1.82, 2.24) is 4.98 Å². The van der Waals surface area contributed by atoms with Gasteiger partial charge < -0.3 is 5.32 Å². The highest BCUT2D eigenvalue weighted by atomic mass is 14.9. The Labute approximate surface area is 109 Å². The van der Waals surface area contributed by atoms with E-state index < -0.39 is 0 Å². The highest BCUT2D eigenvalue weighted by Gasteiger charge is 2.02. The Balaban J connectivity index is 2.08. The van der Waals surface area contributed by atoms with Gasteiger partial charge >= 0.3 is 0 Å². The van der Waals surface area contributed by atoms with Gasteiger partial charge in [0.2, 0.25) is 0 Å². The van der Waals surface area contributed by atoms with Crippen molar-refractivity contribution in [3.63, 3.8) is 0 Å². The lowest BCUT2D eigenvalue weighted by atomic mass is 10.1. The topological polar surface area (TPSA) is 24.9 Å². The van der Waals surface area contributed by atoms with Crippen molar-refractivity contribution in [2.24, 2.45) is 0 Å². The predicted molar refractivity (Wildman–Crippen MR) is 76.7 cm³/mol. The first-order valence-corrected chi connectivity index (χ1v) is 6.52. The third-order valence-corrected chi connectivity index (χ3v) is 3.15. The van der Waals surface area contributed by atoms with Gasteiger partial charge in [-0.2, -0.15) is 0 Å². The van der Waals surface area contributed by atoms with Crippen LogP contribution in [0, 0.1) is 6.92 Å². The van der Waals surface area contributed by atoms with Crippen LogP contribution in [0.3, 0.4) is 0 Å². The molecule has 2 rings (SSSR count). The van der Waals surface area contributed by atoms with Crippen LogP contribution in [0.1, 0.15) is 30.0 Å². The molecule has 2 nitrogen and oxygen atoms in total. The fourth-order valence-electron chi connectivity index (χ4n) is 2.05. The minimum atomic E-state index is 0.834. The van der Waals surface area contributed by atoms with Gasteiger partial charge in [0.05, 0.1) is 0 Å². The molecular formula is C16H20N2. The first-order chi connectivity index (χ1) is 8.81. The maximum Gasteiger partial charge on any atom is 0.0418 e. The quantitative estimate of drug-likeness (QED) is 0.855. The van der Waals surface area contributed by atoms with Crippen LogP contribution in [-0.2, 0) is 13.0 Å². The maximum absolute atomic E-state index is 4.18. The summed E-state index contributed by atoms with van der Waals surface area (Å²) >= 11 is 0. The van der Waals surface area contributed by atoms with Crippen LogP contribution in [-0.4, -0.2) is 4.98 Å². The Hall–Kier alpha value is -1.83. The first kappa shape index (κ1) is 12.6. The number of hydrogen-bond donors (Lipinski definition) is 1. The molecule has 0 atom stereocenters. The second kappa shape index (κ2) is 6.20. The van der Waals surface area contributed by atoms with E-state index in [9.17, 15) is 0 Å². The van der Waals surface area contributed by atoms with Gasteiger partial charge in [-0.05, 0) is 42.2 Å². The van der Waals surface area contributed by atoms with Gasteiger partial charge in [0.25, 0.3) is 0 Å². The number of pyridine rings is 1. The van der Waals surface area contributed by atoms with Crippen molar-refractivity contribution < 1.29 is 0 Å². The Morgan fingerprint density at radius 3 is 2.72 bits per heavy atom. The van der Waals surface area contributed by atoms with E-state index in [1.165, 1.54) is 28.8 Å². The second-order valence-corrected chi connectivity index (χ2v) is 4.56. The summed E-state index contributed by atoms with van der Waals surface area (Å²) in [6.45, 7) is 5.17. The van der Waals surface area contributed by atoms with Crippen LogP contribution in [0.15, 0.2) is 42.7 Å². The summed E-state index contributed by atoms with van der Waals surface area (Å²) in [7, 11) is 0. The standard InChI is InChI=1S/C16H20N2/c1-3-6-14-7-4-5-8-16(14)18-12-15-11-17-10-9-13(15)2/h4-5,7-11,18H,3,6,12H2,1-2H3. The molecule has 0 bridgehead atoms. The van der Waals surface area contributed by atoms with Gasteiger partial charge in [-0.3, -0.25) is 4.98 Å². The van der Waals surface area contributed by atoms with E-state index in [-0.39, 0.29) is 0 Å². The molecule has 0 aliphatic heterocycles. The lowest BCUT2D eigenvalue weighted by molar-refractivity contribution is 0.919. The zero-order valence-electron chi connectivity index (χ0n) is 11.1. The zero-order chi connectivity index (χ0) is 12.8. The number of aryl methyl sites for hydroxylation is 2. The third kappa shape index (κ3) is 3.10. The summed E-state index contributed by atoms with van der Waals surface area (Å²) in [5, 5.41) is 3.52. The van der Waals surface area contributed by atoms with Gasteiger partial charge in [0.1, 0.15) is 0 Å². The molecule has 0 aliphatic carbocycles. The van der Waals surface area contributed by atoms with Gasteiger partial charge in [-0.25, -0.2) is 0 Å². The maximum atomic E-state index is 4.18. The number of para-hydroxylation sites is 1. The Kier molecular flexibility index (Phi) is 4.35. The summed E-state index contributed by atoms with van der Waals surface area (Å²) < 4.78 is 0. The zero-order valence-corrected chi connectivity index (χ0v) is 11.1. The Morgan fingerprint density at radius 1 is 1.11 bits per heavy atom. The number of aromatic nitrogens is 1. The van der Waals surface area contributed by atoms with E-state index in [1.54, 1.807) is 0 Å². The number of nitrogens with one attached hydrogen (secondary N) is 1. The van der Waals surface area contributed by atoms with Crippen molar-refractivity contribution in [1.29, 1.82) is 0 Å². The molecule has 0 aliphatic rings. The largest absolute Gasteiger partial charge is 0.381 e. The molecule has 0 saturated carbocycles. The molecule has 1 aromatic heterocycles. The molecular weight excluding hydrogens is 220 g/mol. The van der Waals surface area contributed by atoms with E-state index in [1.807, 2.05) is 12.4 Å². The lowest BCUT2D eigenvalue weighted by Crippen LogP contribution is -2.04. The average molecular weight is 240 g/mol.